The third-order valence-electron chi connectivity index (χ3n) is 3.11. The number of halogens is 1. The standard InChI is InChI=1S/C13H18ClN3O/c1-2-7-17(10-4-5-10)12-6-3-9(8-11(12)14)13(15)16-18/h3,6,8,10,18H,2,4-5,7H2,1H3,(H2,15,16). The van der Waals surface area contributed by atoms with Gasteiger partial charge in [0.05, 0.1) is 10.7 Å². The van der Waals surface area contributed by atoms with Gasteiger partial charge in [0.25, 0.3) is 0 Å². The zero-order valence-corrected chi connectivity index (χ0v) is 11.2. The molecular formula is C13H18ClN3O. The van der Waals surface area contributed by atoms with E-state index in [9.17, 15) is 0 Å². The number of oxime groups is 1. The molecule has 1 aliphatic rings. The first-order valence-corrected chi connectivity index (χ1v) is 6.59. The summed E-state index contributed by atoms with van der Waals surface area (Å²) in [5.74, 6) is 0.0805. The van der Waals surface area contributed by atoms with Crippen LogP contribution in [0.5, 0.6) is 0 Å². The van der Waals surface area contributed by atoms with Gasteiger partial charge in [-0.1, -0.05) is 23.7 Å². The van der Waals surface area contributed by atoms with Crippen molar-refractivity contribution in [2.24, 2.45) is 10.9 Å². The average molecular weight is 268 g/mol. The molecule has 0 atom stereocenters. The molecule has 18 heavy (non-hydrogen) atoms. The van der Waals surface area contributed by atoms with Crippen molar-refractivity contribution in [3.63, 3.8) is 0 Å². The fourth-order valence-corrected chi connectivity index (χ4v) is 2.37. The maximum absolute atomic E-state index is 8.65. The predicted molar refractivity (Wildman–Crippen MR) is 74.6 cm³/mol. The quantitative estimate of drug-likeness (QED) is 0.373. The molecule has 0 radical (unpaired) electrons. The van der Waals surface area contributed by atoms with Gasteiger partial charge in [-0.2, -0.15) is 0 Å². The lowest BCUT2D eigenvalue weighted by molar-refractivity contribution is 0.318. The Balaban J connectivity index is 2.27. The molecular weight excluding hydrogens is 250 g/mol. The van der Waals surface area contributed by atoms with Gasteiger partial charge in [-0.3, -0.25) is 0 Å². The van der Waals surface area contributed by atoms with Crippen molar-refractivity contribution in [1.82, 2.24) is 0 Å². The Morgan fingerprint density at radius 3 is 2.78 bits per heavy atom. The fourth-order valence-electron chi connectivity index (χ4n) is 2.08. The number of benzene rings is 1. The summed E-state index contributed by atoms with van der Waals surface area (Å²) in [5.41, 5.74) is 7.22. The maximum atomic E-state index is 8.65. The highest BCUT2D eigenvalue weighted by Crippen LogP contribution is 2.36. The van der Waals surface area contributed by atoms with E-state index >= 15 is 0 Å². The molecule has 0 heterocycles. The molecule has 0 saturated heterocycles. The van der Waals surface area contributed by atoms with E-state index in [0.717, 1.165) is 18.7 Å². The summed E-state index contributed by atoms with van der Waals surface area (Å²) < 4.78 is 0. The molecule has 0 bridgehead atoms. The van der Waals surface area contributed by atoms with Crippen LogP contribution in [-0.2, 0) is 0 Å². The molecule has 1 fully saturated rings. The minimum absolute atomic E-state index is 0.0805. The third-order valence-corrected chi connectivity index (χ3v) is 3.42. The van der Waals surface area contributed by atoms with E-state index in [1.807, 2.05) is 12.1 Å². The molecule has 1 aromatic carbocycles. The van der Waals surface area contributed by atoms with Crippen LogP contribution in [0.2, 0.25) is 5.02 Å². The number of amidine groups is 1. The maximum Gasteiger partial charge on any atom is 0.170 e. The molecule has 1 aromatic rings. The van der Waals surface area contributed by atoms with E-state index in [1.165, 1.54) is 12.8 Å². The lowest BCUT2D eigenvalue weighted by atomic mass is 10.1. The summed E-state index contributed by atoms with van der Waals surface area (Å²) in [7, 11) is 0. The topological polar surface area (TPSA) is 61.8 Å². The van der Waals surface area contributed by atoms with Crippen molar-refractivity contribution in [1.29, 1.82) is 0 Å². The van der Waals surface area contributed by atoms with Gasteiger partial charge in [0.2, 0.25) is 0 Å². The second-order valence-corrected chi connectivity index (χ2v) is 4.98. The molecule has 5 heteroatoms. The van der Waals surface area contributed by atoms with Crippen LogP contribution in [0.25, 0.3) is 0 Å². The lowest BCUT2D eigenvalue weighted by Gasteiger charge is -2.25. The third kappa shape index (κ3) is 2.70. The molecule has 0 aromatic heterocycles. The Labute approximate surface area is 112 Å². The average Bonchev–Trinajstić information content (AvgIpc) is 3.19. The van der Waals surface area contributed by atoms with E-state index < -0.39 is 0 Å². The van der Waals surface area contributed by atoms with Crippen LogP contribution in [0.1, 0.15) is 31.7 Å². The van der Waals surface area contributed by atoms with Crippen LogP contribution in [0.3, 0.4) is 0 Å². The largest absolute Gasteiger partial charge is 0.409 e. The van der Waals surface area contributed by atoms with Crippen LogP contribution in [0.15, 0.2) is 23.4 Å². The van der Waals surface area contributed by atoms with Gasteiger partial charge in [0.1, 0.15) is 0 Å². The number of anilines is 1. The Morgan fingerprint density at radius 1 is 1.56 bits per heavy atom. The van der Waals surface area contributed by atoms with Crippen molar-refractivity contribution in [2.75, 3.05) is 11.4 Å². The molecule has 0 spiro atoms. The van der Waals surface area contributed by atoms with E-state index in [2.05, 4.69) is 17.0 Å². The molecule has 0 aliphatic heterocycles. The molecule has 4 nitrogen and oxygen atoms in total. The lowest BCUT2D eigenvalue weighted by Crippen LogP contribution is -2.26. The molecule has 0 unspecified atom stereocenters. The summed E-state index contributed by atoms with van der Waals surface area (Å²) in [4.78, 5) is 2.35. The Bertz CT molecular complexity index is 458. The minimum Gasteiger partial charge on any atom is -0.409 e. The van der Waals surface area contributed by atoms with Crippen LogP contribution < -0.4 is 10.6 Å². The van der Waals surface area contributed by atoms with E-state index in [-0.39, 0.29) is 5.84 Å². The van der Waals surface area contributed by atoms with Gasteiger partial charge in [-0.05, 0) is 37.5 Å². The zero-order valence-electron chi connectivity index (χ0n) is 10.4. The Morgan fingerprint density at radius 2 is 2.28 bits per heavy atom. The van der Waals surface area contributed by atoms with Gasteiger partial charge < -0.3 is 15.8 Å². The molecule has 1 saturated carbocycles. The second-order valence-electron chi connectivity index (χ2n) is 4.58. The highest BCUT2D eigenvalue weighted by atomic mass is 35.5. The first-order chi connectivity index (χ1) is 8.67. The van der Waals surface area contributed by atoms with Crippen molar-refractivity contribution in [3.8, 4) is 0 Å². The second kappa shape index (κ2) is 5.48. The van der Waals surface area contributed by atoms with Crippen molar-refractivity contribution >= 4 is 23.1 Å². The monoisotopic (exact) mass is 267 g/mol. The van der Waals surface area contributed by atoms with Gasteiger partial charge in [0, 0.05) is 18.2 Å². The van der Waals surface area contributed by atoms with E-state index in [1.54, 1.807) is 6.07 Å². The summed E-state index contributed by atoms with van der Waals surface area (Å²) >= 11 is 6.30. The summed E-state index contributed by atoms with van der Waals surface area (Å²) in [6, 6.07) is 6.15. The van der Waals surface area contributed by atoms with Crippen LogP contribution >= 0.6 is 11.6 Å². The summed E-state index contributed by atoms with van der Waals surface area (Å²) in [6.45, 7) is 3.17. The number of rotatable bonds is 5. The van der Waals surface area contributed by atoms with Gasteiger partial charge in [0.15, 0.2) is 5.84 Å². The number of hydrogen-bond donors (Lipinski definition) is 2. The van der Waals surface area contributed by atoms with Crippen LogP contribution in [-0.4, -0.2) is 23.6 Å². The number of nitrogens with two attached hydrogens (primary N) is 1. The fraction of sp³-hybridized carbons (Fsp3) is 0.462. The highest BCUT2D eigenvalue weighted by molar-refractivity contribution is 6.33. The van der Waals surface area contributed by atoms with Crippen molar-refractivity contribution in [3.05, 3.63) is 28.8 Å². The minimum atomic E-state index is 0.0805. The molecule has 1 aliphatic carbocycles. The van der Waals surface area contributed by atoms with Gasteiger partial charge in [-0.15, -0.1) is 0 Å². The summed E-state index contributed by atoms with van der Waals surface area (Å²) in [5, 5.41) is 12.3. The normalized spacial score (nSPS) is 15.8. The smallest absolute Gasteiger partial charge is 0.170 e. The van der Waals surface area contributed by atoms with Gasteiger partial charge in [-0.25, -0.2) is 0 Å². The van der Waals surface area contributed by atoms with Crippen LogP contribution in [0, 0.1) is 0 Å². The van der Waals surface area contributed by atoms with E-state index in [4.69, 9.17) is 22.5 Å². The highest BCUT2D eigenvalue weighted by Gasteiger charge is 2.29. The Hall–Kier alpha value is -1.42. The van der Waals surface area contributed by atoms with Crippen LogP contribution in [0.4, 0.5) is 5.69 Å². The van der Waals surface area contributed by atoms with Gasteiger partial charge >= 0.3 is 0 Å². The van der Waals surface area contributed by atoms with Crippen molar-refractivity contribution in [2.45, 2.75) is 32.2 Å². The SMILES string of the molecule is CCCN(c1ccc(C(N)=NO)cc1Cl)C1CC1. The first-order valence-electron chi connectivity index (χ1n) is 6.21. The first kappa shape index (κ1) is 13.0. The van der Waals surface area contributed by atoms with E-state index in [0.29, 0.717) is 16.6 Å². The number of nitrogens with zero attached hydrogens (tertiary/aromatic N) is 2. The Kier molecular flexibility index (Phi) is 3.97. The molecule has 0 amide bonds. The molecule has 98 valence electrons. The molecule has 2 rings (SSSR count). The zero-order chi connectivity index (χ0) is 13.1. The number of hydrogen-bond acceptors (Lipinski definition) is 3. The molecule has 3 N–H and O–H groups in total. The summed E-state index contributed by atoms with van der Waals surface area (Å²) in [6.07, 6.45) is 3.56. The van der Waals surface area contributed by atoms with Crippen molar-refractivity contribution < 1.29 is 5.21 Å². The predicted octanol–water partition coefficient (Wildman–Crippen LogP) is 2.81.